The summed E-state index contributed by atoms with van der Waals surface area (Å²) in [6, 6.07) is 6.25. The van der Waals surface area contributed by atoms with Crippen molar-refractivity contribution in [3.63, 3.8) is 0 Å². The highest BCUT2D eigenvalue weighted by atomic mass is 35.5. The van der Waals surface area contributed by atoms with E-state index in [1.165, 1.54) is 49.7 Å². The molecule has 0 amide bonds. The lowest BCUT2D eigenvalue weighted by Crippen LogP contribution is -1.99. The van der Waals surface area contributed by atoms with Crippen molar-refractivity contribution in [3.8, 4) is 0 Å². The van der Waals surface area contributed by atoms with Crippen molar-refractivity contribution in [2.75, 3.05) is 0 Å². The van der Waals surface area contributed by atoms with Gasteiger partial charge in [0, 0.05) is 5.02 Å². The Labute approximate surface area is 103 Å². The zero-order valence-electron chi connectivity index (χ0n) is 9.93. The lowest BCUT2D eigenvalue weighted by Gasteiger charge is -2.16. The fourth-order valence-corrected chi connectivity index (χ4v) is 2.49. The standard InChI is InChI=1S/C15H19Cl/c1-2-3-4-5-12-6-7-13-8-9-15(16)11-14(13)10-12/h8-11H,2-7H2,1H3. The van der Waals surface area contributed by atoms with Crippen LogP contribution in [0.2, 0.25) is 5.02 Å². The predicted molar refractivity (Wildman–Crippen MR) is 71.9 cm³/mol. The third kappa shape index (κ3) is 2.89. The van der Waals surface area contributed by atoms with Gasteiger partial charge < -0.3 is 0 Å². The van der Waals surface area contributed by atoms with E-state index in [-0.39, 0.29) is 0 Å². The van der Waals surface area contributed by atoms with Crippen LogP contribution in [0.3, 0.4) is 0 Å². The fraction of sp³-hybridized carbons (Fsp3) is 0.467. The molecule has 0 atom stereocenters. The Bertz CT molecular complexity index is 390. The van der Waals surface area contributed by atoms with Gasteiger partial charge in [-0.3, -0.25) is 0 Å². The van der Waals surface area contributed by atoms with E-state index in [1.54, 1.807) is 5.57 Å². The molecule has 0 radical (unpaired) electrons. The van der Waals surface area contributed by atoms with Crippen LogP contribution in [0.1, 0.15) is 50.2 Å². The smallest absolute Gasteiger partial charge is 0.0412 e. The van der Waals surface area contributed by atoms with Crippen molar-refractivity contribution < 1.29 is 0 Å². The number of rotatable bonds is 4. The van der Waals surface area contributed by atoms with Crippen LogP contribution in [0.15, 0.2) is 23.8 Å². The zero-order valence-corrected chi connectivity index (χ0v) is 10.7. The lowest BCUT2D eigenvalue weighted by molar-refractivity contribution is 0.694. The Morgan fingerprint density at radius 3 is 2.88 bits per heavy atom. The first-order valence-corrected chi connectivity index (χ1v) is 6.65. The normalized spacial score (nSPS) is 14.5. The first-order valence-electron chi connectivity index (χ1n) is 6.27. The Morgan fingerprint density at radius 2 is 2.06 bits per heavy atom. The second kappa shape index (κ2) is 5.54. The minimum Gasteiger partial charge on any atom is -0.0843 e. The summed E-state index contributed by atoms with van der Waals surface area (Å²) in [4.78, 5) is 0. The number of benzene rings is 1. The third-order valence-corrected chi connectivity index (χ3v) is 3.52. The van der Waals surface area contributed by atoms with Gasteiger partial charge in [-0.2, -0.15) is 0 Å². The Hall–Kier alpha value is -0.750. The van der Waals surface area contributed by atoms with E-state index < -0.39 is 0 Å². The zero-order chi connectivity index (χ0) is 11.4. The van der Waals surface area contributed by atoms with Crippen LogP contribution >= 0.6 is 11.6 Å². The number of aryl methyl sites for hydroxylation is 1. The molecule has 1 heteroatoms. The minimum atomic E-state index is 0.852. The van der Waals surface area contributed by atoms with Crippen LogP contribution in [0.4, 0.5) is 0 Å². The highest BCUT2D eigenvalue weighted by Crippen LogP contribution is 2.28. The van der Waals surface area contributed by atoms with Gasteiger partial charge in [0.25, 0.3) is 0 Å². The van der Waals surface area contributed by atoms with Gasteiger partial charge in [-0.15, -0.1) is 0 Å². The number of halogens is 1. The highest BCUT2D eigenvalue weighted by molar-refractivity contribution is 6.30. The van der Waals surface area contributed by atoms with E-state index in [1.807, 2.05) is 6.07 Å². The van der Waals surface area contributed by atoms with Gasteiger partial charge in [-0.1, -0.05) is 49.1 Å². The second-order valence-corrected chi connectivity index (χ2v) is 5.04. The Balaban J connectivity index is 2.08. The molecule has 0 unspecified atom stereocenters. The molecule has 0 aromatic heterocycles. The van der Waals surface area contributed by atoms with E-state index in [9.17, 15) is 0 Å². The molecule has 0 aliphatic heterocycles. The molecular weight excluding hydrogens is 216 g/mol. The minimum absolute atomic E-state index is 0.852. The molecule has 86 valence electrons. The van der Waals surface area contributed by atoms with E-state index in [0.29, 0.717) is 0 Å². The molecule has 1 aromatic carbocycles. The van der Waals surface area contributed by atoms with Crippen LogP contribution < -0.4 is 0 Å². The monoisotopic (exact) mass is 234 g/mol. The Kier molecular flexibility index (Phi) is 4.06. The van der Waals surface area contributed by atoms with Crippen molar-refractivity contribution in [2.24, 2.45) is 0 Å². The number of hydrogen-bond acceptors (Lipinski definition) is 0. The lowest BCUT2D eigenvalue weighted by atomic mass is 9.90. The molecule has 0 N–H and O–H groups in total. The van der Waals surface area contributed by atoms with Crippen LogP contribution in [0.5, 0.6) is 0 Å². The van der Waals surface area contributed by atoms with E-state index in [0.717, 1.165) is 5.02 Å². The molecule has 0 fully saturated rings. The molecule has 2 rings (SSSR count). The van der Waals surface area contributed by atoms with Gasteiger partial charge in [0.05, 0.1) is 0 Å². The first-order chi connectivity index (χ1) is 7.79. The van der Waals surface area contributed by atoms with E-state index >= 15 is 0 Å². The topological polar surface area (TPSA) is 0 Å². The van der Waals surface area contributed by atoms with Crippen LogP contribution in [-0.2, 0) is 6.42 Å². The highest BCUT2D eigenvalue weighted by Gasteiger charge is 2.10. The van der Waals surface area contributed by atoms with Gasteiger partial charge in [0.15, 0.2) is 0 Å². The van der Waals surface area contributed by atoms with Gasteiger partial charge >= 0.3 is 0 Å². The number of hydrogen-bond donors (Lipinski definition) is 0. The van der Waals surface area contributed by atoms with Gasteiger partial charge in [0.1, 0.15) is 0 Å². The summed E-state index contributed by atoms with van der Waals surface area (Å²) in [6.07, 6.45) is 10.0. The van der Waals surface area contributed by atoms with Crippen molar-refractivity contribution >= 4 is 17.7 Å². The SMILES string of the molecule is CCCCCC1=Cc2cc(Cl)ccc2CC1. The van der Waals surface area contributed by atoms with Crippen molar-refractivity contribution in [2.45, 2.75) is 45.4 Å². The van der Waals surface area contributed by atoms with Crippen molar-refractivity contribution in [3.05, 3.63) is 39.9 Å². The van der Waals surface area contributed by atoms with Crippen molar-refractivity contribution in [1.82, 2.24) is 0 Å². The number of unbranched alkanes of at least 4 members (excludes halogenated alkanes) is 2. The summed E-state index contributed by atoms with van der Waals surface area (Å²) < 4.78 is 0. The van der Waals surface area contributed by atoms with Crippen molar-refractivity contribution in [1.29, 1.82) is 0 Å². The fourth-order valence-electron chi connectivity index (χ4n) is 2.31. The Morgan fingerprint density at radius 1 is 1.19 bits per heavy atom. The van der Waals surface area contributed by atoms with Gasteiger partial charge in [0.2, 0.25) is 0 Å². The molecule has 0 bridgehead atoms. The molecule has 1 aliphatic rings. The summed E-state index contributed by atoms with van der Waals surface area (Å²) in [5.74, 6) is 0. The first kappa shape index (κ1) is 11.7. The van der Waals surface area contributed by atoms with Crippen LogP contribution in [-0.4, -0.2) is 0 Å². The third-order valence-electron chi connectivity index (χ3n) is 3.28. The maximum absolute atomic E-state index is 6.02. The molecule has 16 heavy (non-hydrogen) atoms. The molecule has 0 nitrogen and oxygen atoms in total. The van der Waals surface area contributed by atoms with E-state index in [2.05, 4.69) is 25.1 Å². The molecule has 0 heterocycles. The van der Waals surface area contributed by atoms with E-state index in [4.69, 9.17) is 11.6 Å². The quantitative estimate of drug-likeness (QED) is 0.625. The van der Waals surface area contributed by atoms with Crippen LogP contribution in [0, 0.1) is 0 Å². The summed E-state index contributed by atoms with van der Waals surface area (Å²) in [7, 11) is 0. The largest absolute Gasteiger partial charge is 0.0843 e. The van der Waals surface area contributed by atoms with Gasteiger partial charge in [-0.05, 0) is 48.9 Å². The number of fused-ring (bicyclic) bond motifs is 1. The second-order valence-electron chi connectivity index (χ2n) is 4.60. The predicted octanol–water partition coefficient (Wildman–Crippen LogP) is 5.25. The summed E-state index contributed by atoms with van der Waals surface area (Å²) in [6.45, 7) is 2.25. The maximum Gasteiger partial charge on any atom is 0.0412 e. The molecule has 0 saturated heterocycles. The summed E-state index contributed by atoms with van der Waals surface area (Å²) in [5, 5.41) is 0.852. The summed E-state index contributed by atoms with van der Waals surface area (Å²) in [5.41, 5.74) is 4.39. The maximum atomic E-state index is 6.02. The van der Waals surface area contributed by atoms with Gasteiger partial charge in [-0.25, -0.2) is 0 Å². The summed E-state index contributed by atoms with van der Waals surface area (Å²) >= 11 is 6.02. The molecule has 1 aliphatic carbocycles. The molecule has 1 aromatic rings. The molecule has 0 spiro atoms. The molecular formula is C15H19Cl. The average Bonchev–Trinajstić information content (AvgIpc) is 2.29. The molecule has 0 saturated carbocycles. The average molecular weight is 235 g/mol. The number of allylic oxidation sites excluding steroid dienone is 1. The van der Waals surface area contributed by atoms with Crippen LogP contribution in [0.25, 0.3) is 6.08 Å².